The average molecular weight is 654 g/mol. The molecular formula is C26H23BrCl2N4O5S. The van der Waals surface area contributed by atoms with E-state index in [4.69, 9.17) is 23.2 Å². The molecule has 1 aliphatic carbocycles. The number of imidazole rings is 1. The summed E-state index contributed by atoms with van der Waals surface area (Å²) in [7, 11) is -4.31. The van der Waals surface area contributed by atoms with Gasteiger partial charge in [-0.2, -0.15) is 0 Å². The van der Waals surface area contributed by atoms with Crippen LogP contribution in [-0.4, -0.2) is 41.0 Å². The van der Waals surface area contributed by atoms with Gasteiger partial charge in [0.25, 0.3) is 15.9 Å². The van der Waals surface area contributed by atoms with Crippen molar-refractivity contribution in [2.45, 2.75) is 42.8 Å². The molecule has 5 rings (SSSR count). The zero-order chi connectivity index (χ0) is 28.1. The van der Waals surface area contributed by atoms with Crippen molar-refractivity contribution in [2.24, 2.45) is 5.92 Å². The molecule has 0 saturated carbocycles. The van der Waals surface area contributed by atoms with Gasteiger partial charge in [0.1, 0.15) is 5.54 Å². The van der Waals surface area contributed by atoms with E-state index in [-0.39, 0.29) is 30.2 Å². The largest absolute Gasteiger partial charge is 0.481 e. The number of sulfonamides is 1. The maximum absolute atomic E-state index is 14.1. The van der Waals surface area contributed by atoms with Crippen molar-refractivity contribution in [1.29, 1.82) is 0 Å². The lowest BCUT2D eigenvalue weighted by atomic mass is 9.90. The molecule has 2 heterocycles. The molecule has 2 aliphatic rings. The molecule has 1 aliphatic heterocycles. The summed E-state index contributed by atoms with van der Waals surface area (Å²) in [6.45, 7) is 1.65. The third-order valence-electron chi connectivity index (χ3n) is 6.97. The molecule has 13 heteroatoms. The Kier molecular flexibility index (Phi) is 7.40. The van der Waals surface area contributed by atoms with Gasteiger partial charge in [0.05, 0.1) is 17.8 Å². The summed E-state index contributed by atoms with van der Waals surface area (Å²) in [5, 5.41) is 9.98. The normalized spacial score (nSPS) is 22.8. The molecule has 0 radical (unpaired) electrons. The summed E-state index contributed by atoms with van der Waals surface area (Å²) in [5.41, 5.74) is -0.277. The molecule has 0 fully saturated rings. The van der Waals surface area contributed by atoms with Crippen molar-refractivity contribution in [3.05, 3.63) is 80.9 Å². The van der Waals surface area contributed by atoms with Crippen molar-refractivity contribution >= 4 is 72.7 Å². The van der Waals surface area contributed by atoms with E-state index in [1.807, 2.05) is 24.3 Å². The van der Waals surface area contributed by atoms with E-state index in [0.717, 1.165) is 10.0 Å². The average Bonchev–Trinajstić information content (AvgIpc) is 3.39. The fraction of sp³-hybridized carbons (Fsp3) is 0.269. The number of fused-ring (bicyclic) bond motifs is 1. The second-order valence-electron chi connectivity index (χ2n) is 9.69. The minimum absolute atomic E-state index is 0.0802. The number of rotatable bonds is 7. The highest BCUT2D eigenvalue weighted by Gasteiger charge is 2.52. The monoisotopic (exact) mass is 652 g/mol. The van der Waals surface area contributed by atoms with E-state index in [1.165, 1.54) is 21.7 Å². The summed E-state index contributed by atoms with van der Waals surface area (Å²) in [5.74, 6) is -2.36. The van der Waals surface area contributed by atoms with Crippen molar-refractivity contribution in [3.8, 4) is 0 Å². The number of nitrogens with zero attached hydrogens (tertiary/aromatic N) is 3. The van der Waals surface area contributed by atoms with Gasteiger partial charge in [-0.1, -0.05) is 63.4 Å². The topological polar surface area (TPSA) is 122 Å². The van der Waals surface area contributed by atoms with Crippen LogP contribution in [0.1, 0.15) is 25.3 Å². The second-order valence-corrected chi connectivity index (χ2v) is 13.1. The molecule has 9 nitrogen and oxygen atoms in total. The minimum Gasteiger partial charge on any atom is -0.481 e. The molecule has 2 unspecified atom stereocenters. The summed E-state index contributed by atoms with van der Waals surface area (Å²) in [4.78, 5) is 31.6. The Balaban J connectivity index is 1.63. The zero-order valence-electron chi connectivity index (χ0n) is 20.5. The summed E-state index contributed by atoms with van der Waals surface area (Å²) in [6, 6.07) is 11.1. The maximum atomic E-state index is 14.1. The van der Waals surface area contributed by atoms with Crippen molar-refractivity contribution < 1.29 is 23.1 Å². The van der Waals surface area contributed by atoms with Crippen LogP contribution in [0.2, 0.25) is 10.0 Å². The first kappa shape index (κ1) is 27.9. The van der Waals surface area contributed by atoms with E-state index >= 15 is 0 Å². The quantitative estimate of drug-likeness (QED) is 0.335. The Morgan fingerprint density at radius 2 is 1.79 bits per heavy atom. The number of allylic oxidation sites excluding steroid dienone is 1. The van der Waals surface area contributed by atoms with E-state index < -0.39 is 39.4 Å². The maximum Gasteiger partial charge on any atom is 0.308 e. The lowest BCUT2D eigenvalue weighted by Crippen LogP contribution is -2.46. The lowest BCUT2D eigenvalue weighted by molar-refractivity contribution is -0.142. The predicted octanol–water partition coefficient (Wildman–Crippen LogP) is 5.29. The van der Waals surface area contributed by atoms with Gasteiger partial charge in [-0.25, -0.2) is 23.0 Å². The van der Waals surface area contributed by atoms with Gasteiger partial charge in [-0.15, -0.1) is 0 Å². The Morgan fingerprint density at radius 3 is 2.44 bits per heavy atom. The van der Waals surface area contributed by atoms with Crippen molar-refractivity contribution in [3.63, 3.8) is 0 Å². The number of aromatic nitrogens is 2. The predicted molar refractivity (Wildman–Crippen MR) is 151 cm³/mol. The number of carboxylic acid groups (broad SMARTS) is 1. The fourth-order valence-corrected chi connectivity index (χ4v) is 7.37. The van der Waals surface area contributed by atoms with E-state index in [1.54, 1.807) is 31.2 Å². The molecule has 3 aromatic rings. The van der Waals surface area contributed by atoms with Crippen LogP contribution in [0.3, 0.4) is 0 Å². The van der Waals surface area contributed by atoms with E-state index in [2.05, 4.69) is 25.6 Å². The molecule has 1 amide bonds. The number of carboxylic acids is 1. The van der Waals surface area contributed by atoms with Crippen LogP contribution in [-0.2, 0) is 31.6 Å². The smallest absolute Gasteiger partial charge is 0.308 e. The van der Waals surface area contributed by atoms with Gasteiger partial charge in [0, 0.05) is 27.0 Å². The molecule has 204 valence electrons. The molecule has 39 heavy (non-hydrogen) atoms. The number of nitrogens with one attached hydrogen (secondary N) is 1. The number of carbonyl (C=O) groups excluding carboxylic acids is 1. The number of amides is 1. The number of aliphatic carboxylic acids is 1. The van der Waals surface area contributed by atoms with Gasteiger partial charge < -0.3 is 5.11 Å². The SMILES string of the molecule is C[C@@]1(Cc2ccc(Br)cc2)C(=O)N(c2cc(Cl)cc(Cl)c2)c2ncc(S(=O)(=O)NC3CC=CCC3C(=O)O)n21. The van der Waals surface area contributed by atoms with Gasteiger partial charge in [-0.05, 0) is 55.7 Å². The molecule has 0 spiro atoms. The van der Waals surface area contributed by atoms with Gasteiger partial charge in [0.15, 0.2) is 5.03 Å². The summed E-state index contributed by atoms with van der Waals surface area (Å²) >= 11 is 15.9. The minimum atomic E-state index is -4.31. The van der Waals surface area contributed by atoms with Crippen LogP contribution in [0.15, 0.2) is 70.3 Å². The highest BCUT2D eigenvalue weighted by Crippen LogP contribution is 2.44. The van der Waals surface area contributed by atoms with E-state index in [9.17, 15) is 23.1 Å². The van der Waals surface area contributed by atoms with Crippen LogP contribution < -0.4 is 9.62 Å². The lowest BCUT2D eigenvalue weighted by Gasteiger charge is -2.28. The van der Waals surface area contributed by atoms with Gasteiger partial charge in [0.2, 0.25) is 5.95 Å². The Bertz CT molecular complexity index is 1590. The van der Waals surface area contributed by atoms with Gasteiger partial charge >= 0.3 is 5.97 Å². The Hall–Kier alpha value is -2.70. The summed E-state index contributed by atoms with van der Waals surface area (Å²) < 4.78 is 32.3. The number of hydrogen-bond donors (Lipinski definition) is 2. The third kappa shape index (κ3) is 5.14. The third-order valence-corrected chi connectivity index (χ3v) is 9.38. The van der Waals surface area contributed by atoms with E-state index in [0.29, 0.717) is 15.7 Å². The van der Waals surface area contributed by atoms with Gasteiger partial charge in [-0.3, -0.25) is 14.2 Å². The first-order valence-corrected chi connectivity index (χ1v) is 15.0. The van der Waals surface area contributed by atoms with Crippen LogP contribution in [0.4, 0.5) is 11.6 Å². The molecule has 3 atom stereocenters. The second kappa shape index (κ2) is 10.4. The summed E-state index contributed by atoms with van der Waals surface area (Å²) in [6.07, 6.45) is 5.23. The zero-order valence-corrected chi connectivity index (χ0v) is 24.4. The first-order chi connectivity index (χ1) is 18.4. The number of benzene rings is 2. The van der Waals surface area contributed by atoms with Crippen LogP contribution in [0.5, 0.6) is 0 Å². The molecule has 0 saturated heterocycles. The highest BCUT2D eigenvalue weighted by molar-refractivity contribution is 9.10. The number of anilines is 2. The fourth-order valence-electron chi connectivity index (χ4n) is 5.10. The molecule has 0 bridgehead atoms. The van der Waals surface area contributed by atoms with Crippen LogP contribution >= 0.6 is 39.1 Å². The molecular weight excluding hydrogens is 631 g/mol. The van der Waals surface area contributed by atoms with Crippen LogP contribution in [0, 0.1) is 5.92 Å². The first-order valence-electron chi connectivity index (χ1n) is 11.9. The number of halogens is 3. The standard InChI is InChI=1S/C26H23BrCl2N4O5S/c1-26(13-15-6-8-16(27)9-7-15)24(36)32(19-11-17(28)10-18(29)12-19)25-30-14-22(33(25)26)39(37,38)31-21-5-3-2-4-20(21)23(34)35/h2-3,6-12,14,20-21,31H,4-5,13H2,1H3,(H,34,35)/t20?,21?,26-/m1/s1. The van der Waals surface area contributed by atoms with Crippen molar-refractivity contribution in [2.75, 3.05) is 4.90 Å². The molecule has 2 N–H and O–H groups in total. The van der Waals surface area contributed by atoms with Crippen LogP contribution in [0.25, 0.3) is 0 Å². The Morgan fingerprint density at radius 1 is 1.15 bits per heavy atom. The highest BCUT2D eigenvalue weighted by atomic mass is 79.9. The number of carbonyl (C=O) groups is 2. The molecule has 2 aromatic carbocycles. The van der Waals surface area contributed by atoms with Crippen molar-refractivity contribution in [1.82, 2.24) is 14.3 Å². The number of hydrogen-bond acceptors (Lipinski definition) is 5. The molecule has 1 aromatic heterocycles. The Labute approximate surface area is 243 Å².